The van der Waals surface area contributed by atoms with Gasteiger partial charge in [-0.2, -0.15) is 5.10 Å². The summed E-state index contributed by atoms with van der Waals surface area (Å²) < 4.78 is 1.80. The van der Waals surface area contributed by atoms with Gasteiger partial charge in [-0.05, 0) is 37.1 Å². The van der Waals surface area contributed by atoms with Crippen molar-refractivity contribution in [3.63, 3.8) is 0 Å². The van der Waals surface area contributed by atoms with Crippen LogP contribution < -0.4 is 10.6 Å². The molecule has 0 unspecified atom stereocenters. The Hall–Kier alpha value is -3.08. The van der Waals surface area contributed by atoms with Crippen molar-refractivity contribution in [2.24, 2.45) is 7.05 Å². The maximum atomic E-state index is 6.61. The lowest BCUT2D eigenvalue weighted by atomic mass is 9.94. The molecule has 0 fully saturated rings. The Morgan fingerprint density at radius 1 is 0.962 bits per heavy atom. The SMILES string of the molecule is Cc1c(-c2ccccc2N(C)C)ccc2nc3c(c(C)nn3C)c(N)c12. The zero-order chi connectivity index (χ0) is 18.6. The average Bonchev–Trinajstić information content (AvgIpc) is 2.89. The highest BCUT2D eigenvalue weighted by atomic mass is 15.3. The van der Waals surface area contributed by atoms with Crippen LogP contribution in [0.2, 0.25) is 0 Å². The summed E-state index contributed by atoms with van der Waals surface area (Å²) in [6.45, 7) is 4.10. The van der Waals surface area contributed by atoms with Crippen LogP contribution in [0.3, 0.4) is 0 Å². The second-order valence-corrected chi connectivity index (χ2v) is 6.98. The fourth-order valence-electron chi connectivity index (χ4n) is 3.84. The number of benzene rings is 2. The molecule has 0 aliphatic carbocycles. The number of anilines is 2. The van der Waals surface area contributed by atoms with Crippen molar-refractivity contribution in [1.82, 2.24) is 14.8 Å². The van der Waals surface area contributed by atoms with E-state index in [1.165, 1.54) is 16.8 Å². The lowest BCUT2D eigenvalue weighted by Gasteiger charge is -2.19. The van der Waals surface area contributed by atoms with E-state index in [1.54, 1.807) is 4.68 Å². The van der Waals surface area contributed by atoms with E-state index >= 15 is 0 Å². The van der Waals surface area contributed by atoms with E-state index in [-0.39, 0.29) is 0 Å². The summed E-state index contributed by atoms with van der Waals surface area (Å²) in [5, 5.41) is 6.45. The molecular formula is C21H23N5. The molecule has 2 aromatic heterocycles. The lowest BCUT2D eigenvalue weighted by molar-refractivity contribution is 0.775. The number of para-hydroxylation sites is 1. The van der Waals surface area contributed by atoms with Crippen molar-refractivity contribution in [3.8, 4) is 11.1 Å². The van der Waals surface area contributed by atoms with E-state index in [0.717, 1.165) is 38.9 Å². The first kappa shape index (κ1) is 16.4. The zero-order valence-electron chi connectivity index (χ0n) is 15.8. The van der Waals surface area contributed by atoms with E-state index in [9.17, 15) is 0 Å². The first-order valence-electron chi connectivity index (χ1n) is 8.69. The summed E-state index contributed by atoms with van der Waals surface area (Å²) in [4.78, 5) is 6.96. The molecule has 0 spiro atoms. The standard InChI is InChI=1S/C21H23N5/c1-12-14(15-8-6-7-9-17(15)25(3)4)10-11-16-18(12)20(22)19-13(2)24-26(5)21(19)23-16/h6-11H,1-5H3,(H2,22,23). The topological polar surface area (TPSA) is 60.0 Å². The average molecular weight is 345 g/mol. The van der Waals surface area contributed by atoms with Gasteiger partial charge in [-0.1, -0.05) is 24.3 Å². The van der Waals surface area contributed by atoms with E-state index in [2.05, 4.69) is 67.4 Å². The molecule has 0 atom stereocenters. The normalized spacial score (nSPS) is 11.4. The van der Waals surface area contributed by atoms with Gasteiger partial charge in [-0.25, -0.2) is 4.98 Å². The van der Waals surface area contributed by atoms with Gasteiger partial charge in [0.05, 0.1) is 22.3 Å². The number of nitrogens with zero attached hydrogens (tertiary/aromatic N) is 4. The molecule has 2 heterocycles. The van der Waals surface area contributed by atoms with E-state index < -0.39 is 0 Å². The molecule has 2 aromatic carbocycles. The number of rotatable bonds is 2. The minimum Gasteiger partial charge on any atom is -0.398 e. The molecule has 0 aliphatic heterocycles. The quantitative estimate of drug-likeness (QED) is 0.595. The Bertz CT molecular complexity index is 1150. The fraction of sp³-hybridized carbons (Fsp3) is 0.238. The Balaban J connectivity index is 2.09. The Morgan fingerprint density at radius 3 is 2.42 bits per heavy atom. The second kappa shape index (κ2) is 5.73. The highest BCUT2D eigenvalue weighted by Crippen LogP contribution is 2.39. The van der Waals surface area contributed by atoms with E-state index in [1.807, 2.05) is 14.0 Å². The molecule has 0 bridgehead atoms. The van der Waals surface area contributed by atoms with Crippen molar-refractivity contribution >= 4 is 33.3 Å². The monoisotopic (exact) mass is 345 g/mol. The number of nitrogen functional groups attached to an aromatic ring is 1. The van der Waals surface area contributed by atoms with Crippen molar-refractivity contribution in [2.75, 3.05) is 24.7 Å². The van der Waals surface area contributed by atoms with Crippen LogP contribution in [-0.2, 0) is 7.05 Å². The van der Waals surface area contributed by atoms with Crippen LogP contribution in [0.4, 0.5) is 11.4 Å². The number of hydrogen-bond donors (Lipinski definition) is 1. The number of nitrogens with two attached hydrogens (primary N) is 1. The summed E-state index contributed by atoms with van der Waals surface area (Å²) in [5.74, 6) is 0. The third-order valence-corrected chi connectivity index (χ3v) is 5.08. The van der Waals surface area contributed by atoms with Crippen molar-refractivity contribution < 1.29 is 0 Å². The fourth-order valence-corrected chi connectivity index (χ4v) is 3.84. The number of fused-ring (bicyclic) bond motifs is 2. The second-order valence-electron chi connectivity index (χ2n) is 6.98. The number of pyridine rings is 1. The summed E-state index contributed by atoms with van der Waals surface area (Å²) in [6.07, 6.45) is 0. The van der Waals surface area contributed by atoms with Gasteiger partial charge in [0.15, 0.2) is 5.65 Å². The van der Waals surface area contributed by atoms with Crippen molar-refractivity contribution in [2.45, 2.75) is 13.8 Å². The Kier molecular flexibility index (Phi) is 3.61. The summed E-state index contributed by atoms with van der Waals surface area (Å²) in [6, 6.07) is 12.6. The van der Waals surface area contributed by atoms with Gasteiger partial charge < -0.3 is 10.6 Å². The van der Waals surface area contributed by atoms with Crippen molar-refractivity contribution in [1.29, 1.82) is 0 Å². The molecule has 5 nitrogen and oxygen atoms in total. The number of hydrogen-bond acceptors (Lipinski definition) is 4. The molecule has 0 radical (unpaired) electrons. The van der Waals surface area contributed by atoms with Gasteiger partial charge in [0, 0.05) is 37.8 Å². The minimum atomic E-state index is 0.761. The molecule has 2 N–H and O–H groups in total. The van der Waals surface area contributed by atoms with Crippen LogP contribution in [0.1, 0.15) is 11.3 Å². The first-order valence-corrected chi connectivity index (χ1v) is 8.69. The summed E-state index contributed by atoms with van der Waals surface area (Å²) in [7, 11) is 6.03. The smallest absolute Gasteiger partial charge is 0.160 e. The predicted molar refractivity (Wildman–Crippen MR) is 110 cm³/mol. The molecule has 0 aliphatic rings. The molecule has 5 heteroatoms. The minimum absolute atomic E-state index is 0.761. The van der Waals surface area contributed by atoms with Crippen LogP contribution >= 0.6 is 0 Å². The van der Waals surface area contributed by atoms with Gasteiger partial charge in [-0.15, -0.1) is 0 Å². The van der Waals surface area contributed by atoms with Gasteiger partial charge >= 0.3 is 0 Å². The van der Waals surface area contributed by atoms with Crippen LogP contribution in [0.15, 0.2) is 36.4 Å². The molecule has 4 rings (SSSR count). The van der Waals surface area contributed by atoms with E-state index in [0.29, 0.717) is 0 Å². The van der Waals surface area contributed by atoms with Crippen LogP contribution in [0.5, 0.6) is 0 Å². The maximum Gasteiger partial charge on any atom is 0.160 e. The molecule has 26 heavy (non-hydrogen) atoms. The Morgan fingerprint density at radius 2 is 1.69 bits per heavy atom. The highest BCUT2D eigenvalue weighted by Gasteiger charge is 2.18. The predicted octanol–water partition coefficient (Wildman–Crippen LogP) is 4.05. The van der Waals surface area contributed by atoms with E-state index in [4.69, 9.17) is 10.7 Å². The molecule has 4 aromatic rings. The third-order valence-electron chi connectivity index (χ3n) is 5.08. The molecule has 0 saturated carbocycles. The van der Waals surface area contributed by atoms with Crippen LogP contribution in [0, 0.1) is 13.8 Å². The van der Waals surface area contributed by atoms with Gasteiger partial charge in [-0.3, -0.25) is 4.68 Å². The molecule has 132 valence electrons. The molecule has 0 amide bonds. The van der Waals surface area contributed by atoms with Crippen LogP contribution in [0.25, 0.3) is 33.1 Å². The molecule has 0 saturated heterocycles. The number of aryl methyl sites for hydroxylation is 3. The molecular weight excluding hydrogens is 322 g/mol. The van der Waals surface area contributed by atoms with Gasteiger partial charge in [0.2, 0.25) is 0 Å². The summed E-state index contributed by atoms with van der Waals surface area (Å²) >= 11 is 0. The zero-order valence-corrected chi connectivity index (χ0v) is 15.8. The van der Waals surface area contributed by atoms with Crippen LogP contribution in [-0.4, -0.2) is 28.9 Å². The third kappa shape index (κ3) is 2.24. The lowest BCUT2D eigenvalue weighted by Crippen LogP contribution is -2.10. The van der Waals surface area contributed by atoms with Crippen molar-refractivity contribution in [3.05, 3.63) is 47.7 Å². The number of aromatic nitrogens is 3. The highest BCUT2D eigenvalue weighted by molar-refractivity contribution is 6.09. The van der Waals surface area contributed by atoms with Gasteiger partial charge in [0.25, 0.3) is 0 Å². The summed E-state index contributed by atoms with van der Waals surface area (Å²) in [5.41, 5.74) is 14.7. The maximum absolute atomic E-state index is 6.61. The Labute approximate surface area is 153 Å². The first-order chi connectivity index (χ1) is 12.4. The van der Waals surface area contributed by atoms with Gasteiger partial charge in [0.1, 0.15) is 0 Å². The largest absolute Gasteiger partial charge is 0.398 e.